The quantitative estimate of drug-likeness (QED) is 0.824. The number of carbonyl (C=O) groups is 2. The molecule has 1 aromatic rings. The highest BCUT2D eigenvalue weighted by Crippen LogP contribution is 2.30. The molecule has 0 radical (unpaired) electrons. The second-order valence-corrected chi connectivity index (χ2v) is 7.89. The van der Waals surface area contributed by atoms with Crippen LogP contribution in [0.25, 0.3) is 0 Å². The number of carboxylic acid groups (broad SMARTS) is 1. The van der Waals surface area contributed by atoms with Gasteiger partial charge in [0.15, 0.2) is 0 Å². The minimum atomic E-state index is -4.01. The lowest BCUT2D eigenvalue weighted by molar-refractivity contribution is -0.143. The first-order chi connectivity index (χ1) is 11.2. The molecule has 2 rings (SSSR count). The van der Waals surface area contributed by atoms with Crippen LogP contribution in [0, 0.1) is 12.8 Å². The number of piperidine rings is 1. The molecule has 0 bridgehead atoms. The van der Waals surface area contributed by atoms with Gasteiger partial charge < -0.3 is 9.84 Å². The minimum Gasteiger partial charge on any atom is -0.481 e. The van der Waals surface area contributed by atoms with E-state index in [0.29, 0.717) is 12.8 Å². The zero-order chi connectivity index (χ0) is 18.1. The highest BCUT2D eigenvalue weighted by atomic mass is 32.2. The van der Waals surface area contributed by atoms with Crippen molar-refractivity contribution >= 4 is 22.0 Å². The molecule has 132 valence electrons. The smallest absolute Gasteiger partial charge is 0.339 e. The van der Waals surface area contributed by atoms with E-state index < -0.39 is 27.9 Å². The molecule has 0 aromatic heterocycles. The number of carboxylic acids is 1. The Hall–Kier alpha value is -1.93. The molecular weight excluding hydrogens is 334 g/mol. The summed E-state index contributed by atoms with van der Waals surface area (Å²) in [6.07, 6.45) is 0.885. The fourth-order valence-electron chi connectivity index (χ4n) is 2.88. The second kappa shape index (κ2) is 6.90. The summed E-state index contributed by atoms with van der Waals surface area (Å²) < 4.78 is 31.9. The normalized spacial score (nSPS) is 22.1. The molecule has 7 nitrogen and oxygen atoms in total. The summed E-state index contributed by atoms with van der Waals surface area (Å²) in [6, 6.07) is 4.09. The Balaban J connectivity index is 2.50. The van der Waals surface area contributed by atoms with E-state index >= 15 is 0 Å². The number of aliphatic carboxylic acids is 1. The van der Waals surface area contributed by atoms with E-state index in [1.54, 1.807) is 19.9 Å². The summed E-state index contributed by atoms with van der Waals surface area (Å²) in [5.41, 5.74) is 0.687. The van der Waals surface area contributed by atoms with Crippen molar-refractivity contribution in [1.82, 2.24) is 4.31 Å². The van der Waals surface area contributed by atoms with Crippen LogP contribution in [-0.2, 0) is 19.6 Å². The number of esters is 1. The summed E-state index contributed by atoms with van der Waals surface area (Å²) >= 11 is 0. The number of carbonyl (C=O) groups excluding carboxylic acids is 1. The number of hydrogen-bond acceptors (Lipinski definition) is 5. The lowest BCUT2D eigenvalue weighted by atomic mass is 9.96. The van der Waals surface area contributed by atoms with Crippen molar-refractivity contribution in [3.05, 3.63) is 29.3 Å². The topological polar surface area (TPSA) is 101 Å². The molecule has 8 heteroatoms. The number of aryl methyl sites for hydroxylation is 1. The van der Waals surface area contributed by atoms with Gasteiger partial charge in [-0.1, -0.05) is 11.6 Å². The number of rotatable bonds is 4. The van der Waals surface area contributed by atoms with E-state index in [0.717, 1.165) is 5.56 Å². The van der Waals surface area contributed by atoms with Gasteiger partial charge in [0.25, 0.3) is 0 Å². The molecule has 1 aliphatic heterocycles. The number of nitrogens with zero attached hydrogens (tertiary/aromatic N) is 1. The number of benzene rings is 1. The van der Waals surface area contributed by atoms with Crippen LogP contribution in [-0.4, -0.2) is 49.5 Å². The molecule has 2 unspecified atom stereocenters. The number of ether oxygens (including phenoxy) is 1. The fourth-order valence-corrected chi connectivity index (χ4v) is 4.74. The number of hydrogen-bond donors (Lipinski definition) is 1. The van der Waals surface area contributed by atoms with E-state index in [1.165, 1.54) is 23.5 Å². The maximum Gasteiger partial charge on any atom is 0.339 e. The Morgan fingerprint density at radius 3 is 2.54 bits per heavy atom. The average molecular weight is 355 g/mol. The summed E-state index contributed by atoms with van der Waals surface area (Å²) in [5.74, 6) is -2.50. The molecule has 1 aliphatic rings. The van der Waals surface area contributed by atoms with Crippen LogP contribution in [0.2, 0.25) is 0 Å². The van der Waals surface area contributed by atoms with Gasteiger partial charge in [0.2, 0.25) is 10.0 Å². The van der Waals surface area contributed by atoms with Crippen molar-refractivity contribution in [3.8, 4) is 0 Å². The molecule has 0 spiro atoms. The minimum absolute atomic E-state index is 0.0397. The van der Waals surface area contributed by atoms with Crippen LogP contribution in [0.5, 0.6) is 0 Å². The Bertz CT molecular complexity index is 758. The maximum absolute atomic E-state index is 13.0. The third-order valence-corrected chi connectivity index (χ3v) is 6.34. The van der Waals surface area contributed by atoms with Crippen molar-refractivity contribution in [1.29, 1.82) is 0 Å². The first-order valence-corrected chi connectivity index (χ1v) is 9.06. The summed E-state index contributed by atoms with van der Waals surface area (Å²) in [7, 11) is -2.83. The number of sulfonamides is 1. The predicted octanol–water partition coefficient (Wildman–Crippen LogP) is 1.66. The Morgan fingerprint density at radius 1 is 1.29 bits per heavy atom. The zero-order valence-corrected chi connectivity index (χ0v) is 14.7. The molecule has 24 heavy (non-hydrogen) atoms. The summed E-state index contributed by atoms with van der Waals surface area (Å²) in [6.45, 7) is 3.38. The van der Waals surface area contributed by atoms with Gasteiger partial charge in [-0.05, 0) is 38.8 Å². The Kier molecular flexibility index (Phi) is 5.29. The van der Waals surface area contributed by atoms with Gasteiger partial charge in [-0.2, -0.15) is 4.31 Å². The third-order valence-electron chi connectivity index (χ3n) is 4.30. The Labute approximate surface area is 141 Å². The second-order valence-electron chi connectivity index (χ2n) is 6.03. The number of methoxy groups -OCH3 is 1. The van der Waals surface area contributed by atoms with Gasteiger partial charge >= 0.3 is 11.9 Å². The highest BCUT2D eigenvalue weighted by Gasteiger charge is 2.39. The standard InChI is InChI=1S/C16H21NO6S/c1-10-4-7-14(13(8-10)16(20)23-3)24(21,22)17-9-12(15(18)19)6-5-11(17)2/h4,7-8,11-12H,5-6,9H2,1-3H3,(H,18,19). The van der Waals surface area contributed by atoms with Crippen molar-refractivity contribution in [2.75, 3.05) is 13.7 Å². The Morgan fingerprint density at radius 2 is 1.96 bits per heavy atom. The van der Waals surface area contributed by atoms with Gasteiger partial charge in [0.1, 0.15) is 0 Å². The molecule has 1 heterocycles. The zero-order valence-electron chi connectivity index (χ0n) is 13.9. The molecular formula is C16H21NO6S. The van der Waals surface area contributed by atoms with E-state index in [-0.39, 0.29) is 23.0 Å². The molecule has 0 aliphatic carbocycles. The van der Waals surface area contributed by atoms with Crippen molar-refractivity contribution < 1.29 is 27.9 Å². The molecule has 1 fully saturated rings. The maximum atomic E-state index is 13.0. The first kappa shape index (κ1) is 18.4. The highest BCUT2D eigenvalue weighted by molar-refractivity contribution is 7.89. The van der Waals surface area contributed by atoms with Crippen LogP contribution < -0.4 is 0 Å². The largest absolute Gasteiger partial charge is 0.481 e. The van der Waals surface area contributed by atoms with Gasteiger partial charge in [0.05, 0.1) is 23.5 Å². The van der Waals surface area contributed by atoms with Gasteiger partial charge in [-0.15, -0.1) is 0 Å². The van der Waals surface area contributed by atoms with E-state index in [4.69, 9.17) is 0 Å². The van der Waals surface area contributed by atoms with Crippen LogP contribution in [0.3, 0.4) is 0 Å². The predicted molar refractivity (Wildman–Crippen MR) is 86.2 cm³/mol. The van der Waals surface area contributed by atoms with E-state index in [2.05, 4.69) is 4.74 Å². The molecule has 0 amide bonds. The van der Waals surface area contributed by atoms with Crippen LogP contribution in [0.15, 0.2) is 23.1 Å². The van der Waals surface area contributed by atoms with Gasteiger partial charge in [-0.25, -0.2) is 13.2 Å². The van der Waals surface area contributed by atoms with Crippen molar-refractivity contribution in [3.63, 3.8) is 0 Å². The summed E-state index contributed by atoms with van der Waals surface area (Å²) in [5, 5.41) is 9.20. The van der Waals surface area contributed by atoms with Crippen LogP contribution >= 0.6 is 0 Å². The third kappa shape index (κ3) is 3.44. The molecule has 2 atom stereocenters. The molecule has 1 N–H and O–H groups in total. The SMILES string of the molecule is COC(=O)c1cc(C)ccc1S(=O)(=O)N1CC(C(=O)O)CCC1C. The van der Waals surface area contributed by atoms with Crippen molar-refractivity contribution in [2.45, 2.75) is 37.6 Å². The lowest BCUT2D eigenvalue weighted by Crippen LogP contribution is -2.47. The van der Waals surface area contributed by atoms with Crippen LogP contribution in [0.4, 0.5) is 0 Å². The monoisotopic (exact) mass is 355 g/mol. The fraction of sp³-hybridized carbons (Fsp3) is 0.500. The average Bonchev–Trinajstić information content (AvgIpc) is 2.53. The van der Waals surface area contributed by atoms with Crippen LogP contribution in [0.1, 0.15) is 35.7 Å². The van der Waals surface area contributed by atoms with E-state index in [9.17, 15) is 23.1 Å². The van der Waals surface area contributed by atoms with E-state index in [1.807, 2.05) is 0 Å². The first-order valence-electron chi connectivity index (χ1n) is 7.62. The van der Waals surface area contributed by atoms with Gasteiger partial charge in [0, 0.05) is 12.6 Å². The molecule has 0 saturated carbocycles. The lowest BCUT2D eigenvalue weighted by Gasteiger charge is -2.35. The molecule has 1 saturated heterocycles. The van der Waals surface area contributed by atoms with Crippen molar-refractivity contribution in [2.24, 2.45) is 5.92 Å². The molecule has 1 aromatic carbocycles. The summed E-state index contributed by atoms with van der Waals surface area (Å²) in [4.78, 5) is 23.1. The van der Waals surface area contributed by atoms with Gasteiger partial charge in [-0.3, -0.25) is 4.79 Å².